The Kier molecular flexibility index (Phi) is 6.51. The van der Waals surface area contributed by atoms with Crippen LogP contribution >= 0.6 is 0 Å². The summed E-state index contributed by atoms with van der Waals surface area (Å²) in [6, 6.07) is 58.4. The Balaban J connectivity index is 1.10. The molecule has 49 heavy (non-hydrogen) atoms. The summed E-state index contributed by atoms with van der Waals surface area (Å²) in [6.07, 6.45) is 0. The molecule has 0 aliphatic rings. The molecule has 0 spiro atoms. The summed E-state index contributed by atoms with van der Waals surface area (Å²) in [5.41, 5.74) is 5.48. The Morgan fingerprint density at radius 3 is 1.59 bits per heavy atom. The molecule has 10 rings (SSSR count). The standard InChI is InChI=1S/C45H27N3Se/c1-3-11-30(12-4-1)43-46-44(31-13-5-2-6-14-31)48-45(47-43)35-23-21-32-26-34(22-20-33(32)27-35)37-16-9-17-38-39-25-24-29-19-18-28-10-7-8-15-36(28)40(29)42(39)49-41(37)38/h1-27H. The van der Waals surface area contributed by atoms with Gasteiger partial charge in [-0.3, -0.25) is 0 Å². The average Bonchev–Trinajstić information content (AvgIpc) is 3.57. The Bertz CT molecular complexity index is 2820. The maximum Gasteiger partial charge on any atom is -0.0512 e. The van der Waals surface area contributed by atoms with Crippen molar-refractivity contribution >= 4 is 66.1 Å². The molecular formula is C45H27N3Se. The summed E-state index contributed by atoms with van der Waals surface area (Å²) < 4.78 is 2.96. The summed E-state index contributed by atoms with van der Waals surface area (Å²) in [4.78, 5) is 14.8. The van der Waals surface area contributed by atoms with Crippen LogP contribution in [0.25, 0.3) is 96.9 Å². The maximum atomic E-state index is 4.95. The predicted octanol–water partition coefficient (Wildman–Crippen LogP) is 11.4. The Hall–Kier alpha value is -5.93. The third-order valence-electron chi connectivity index (χ3n) is 9.48. The van der Waals surface area contributed by atoms with Crippen LogP contribution in [-0.2, 0) is 0 Å². The molecule has 0 fully saturated rings. The Morgan fingerprint density at radius 2 is 0.857 bits per heavy atom. The molecule has 228 valence electrons. The average molecular weight is 689 g/mol. The normalized spacial score (nSPS) is 11.7. The number of benzene rings is 8. The number of hydrogen-bond acceptors (Lipinski definition) is 3. The van der Waals surface area contributed by atoms with E-state index in [0.29, 0.717) is 17.5 Å². The number of rotatable bonds is 4. The molecule has 4 heteroatoms. The maximum absolute atomic E-state index is 4.95. The van der Waals surface area contributed by atoms with Gasteiger partial charge in [0.25, 0.3) is 0 Å². The van der Waals surface area contributed by atoms with Gasteiger partial charge in [0.2, 0.25) is 0 Å². The second kappa shape index (κ2) is 11.3. The quantitative estimate of drug-likeness (QED) is 0.136. The largest absolute Gasteiger partial charge is 0.0615 e. The molecule has 0 aliphatic heterocycles. The van der Waals surface area contributed by atoms with Gasteiger partial charge < -0.3 is 0 Å². The predicted molar refractivity (Wildman–Crippen MR) is 206 cm³/mol. The first-order chi connectivity index (χ1) is 24.3. The summed E-state index contributed by atoms with van der Waals surface area (Å²) in [7, 11) is 0. The van der Waals surface area contributed by atoms with Crippen LogP contribution in [0.15, 0.2) is 164 Å². The molecule has 2 heterocycles. The molecule has 0 bridgehead atoms. The first-order valence-electron chi connectivity index (χ1n) is 16.4. The van der Waals surface area contributed by atoms with Gasteiger partial charge in [0.15, 0.2) is 0 Å². The Labute approximate surface area is 288 Å². The van der Waals surface area contributed by atoms with Gasteiger partial charge in [-0.2, -0.15) is 0 Å². The van der Waals surface area contributed by atoms with Gasteiger partial charge in [-0.25, -0.2) is 0 Å². The van der Waals surface area contributed by atoms with Crippen LogP contribution in [-0.4, -0.2) is 29.5 Å². The van der Waals surface area contributed by atoms with Crippen molar-refractivity contribution in [1.29, 1.82) is 0 Å². The number of aromatic nitrogens is 3. The zero-order valence-corrected chi connectivity index (χ0v) is 28.1. The van der Waals surface area contributed by atoms with E-state index in [4.69, 9.17) is 15.0 Å². The van der Waals surface area contributed by atoms with E-state index in [1.807, 2.05) is 60.7 Å². The Morgan fingerprint density at radius 1 is 0.327 bits per heavy atom. The second-order valence-electron chi connectivity index (χ2n) is 12.4. The van der Waals surface area contributed by atoms with Crippen LogP contribution in [0.5, 0.6) is 0 Å². The third kappa shape index (κ3) is 4.76. The van der Waals surface area contributed by atoms with Crippen LogP contribution in [0.2, 0.25) is 0 Å². The third-order valence-corrected chi connectivity index (χ3v) is 12.1. The van der Waals surface area contributed by atoms with E-state index in [1.54, 1.807) is 0 Å². The SMILES string of the molecule is c1ccc(-c2nc(-c3ccccc3)nc(-c3ccc4cc(-c5cccc6c5[se]c5c6ccc6ccc7ccccc7c65)ccc4c3)n2)cc1. The monoisotopic (exact) mass is 689 g/mol. The van der Waals surface area contributed by atoms with Crippen molar-refractivity contribution in [3.63, 3.8) is 0 Å². The van der Waals surface area contributed by atoms with Gasteiger partial charge in [-0.15, -0.1) is 0 Å². The van der Waals surface area contributed by atoms with Crippen LogP contribution in [0.1, 0.15) is 0 Å². The summed E-state index contributed by atoms with van der Waals surface area (Å²) in [5, 5.41) is 10.5. The summed E-state index contributed by atoms with van der Waals surface area (Å²) in [6.45, 7) is 0. The van der Waals surface area contributed by atoms with Gasteiger partial charge in [0.05, 0.1) is 0 Å². The fourth-order valence-electron chi connectivity index (χ4n) is 7.06. The van der Waals surface area contributed by atoms with E-state index in [0.717, 1.165) is 22.1 Å². The van der Waals surface area contributed by atoms with Crippen LogP contribution in [0.3, 0.4) is 0 Å². The second-order valence-corrected chi connectivity index (χ2v) is 14.6. The van der Waals surface area contributed by atoms with E-state index >= 15 is 0 Å². The van der Waals surface area contributed by atoms with Gasteiger partial charge in [0, 0.05) is 0 Å². The van der Waals surface area contributed by atoms with E-state index in [-0.39, 0.29) is 14.5 Å². The van der Waals surface area contributed by atoms with Crippen molar-refractivity contribution in [1.82, 2.24) is 15.0 Å². The van der Waals surface area contributed by atoms with E-state index in [9.17, 15) is 0 Å². The molecule has 3 nitrogen and oxygen atoms in total. The minimum atomic E-state index is 0.190. The molecule has 0 amide bonds. The van der Waals surface area contributed by atoms with Crippen molar-refractivity contribution in [3.05, 3.63) is 164 Å². The number of nitrogens with zero attached hydrogens (tertiary/aromatic N) is 3. The zero-order chi connectivity index (χ0) is 32.3. The molecule has 0 saturated carbocycles. The van der Waals surface area contributed by atoms with Gasteiger partial charge in [0.1, 0.15) is 0 Å². The summed E-state index contributed by atoms with van der Waals surface area (Å²) >= 11 is 0.190. The molecule has 0 saturated heterocycles. The van der Waals surface area contributed by atoms with Crippen molar-refractivity contribution in [2.45, 2.75) is 0 Å². The molecular weight excluding hydrogens is 661 g/mol. The van der Waals surface area contributed by atoms with Gasteiger partial charge in [-0.1, -0.05) is 60.7 Å². The van der Waals surface area contributed by atoms with Crippen molar-refractivity contribution in [3.8, 4) is 45.3 Å². The minimum absolute atomic E-state index is 0.190. The van der Waals surface area contributed by atoms with Crippen LogP contribution < -0.4 is 0 Å². The smallest absolute Gasteiger partial charge is 0.0512 e. The van der Waals surface area contributed by atoms with Crippen molar-refractivity contribution in [2.75, 3.05) is 0 Å². The molecule has 10 aromatic rings. The van der Waals surface area contributed by atoms with E-state index < -0.39 is 0 Å². The topological polar surface area (TPSA) is 38.7 Å². The molecule has 0 unspecified atom stereocenters. The zero-order valence-electron chi connectivity index (χ0n) is 26.3. The number of fused-ring (bicyclic) bond motifs is 8. The molecule has 2 aromatic heterocycles. The molecule has 8 aromatic carbocycles. The molecule has 0 radical (unpaired) electrons. The molecule has 0 aliphatic carbocycles. The van der Waals surface area contributed by atoms with Crippen LogP contribution in [0.4, 0.5) is 0 Å². The fraction of sp³-hybridized carbons (Fsp3) is 0. The first kappa shape index (κ1) is 28.1. The fourth-order valence-corrected chi connectivity index (χ4v) is 10.0. The van der Waals surface area contributed by atoms with Gasteiger partial charge >= 0.3 is 229 Å². The van der Waals surface area contributed by atoms with Crippen molar-refractivity contribution < 1.29 is 0 Å². The van der Waals surface area contributed by atoms with Gasteiger partial charge in [-0.05, 0) is 0 Å². The first-order valence-corrected chi connectivity index (χ1v) is 18.2. The van der Waals surface area contributed by atoms with Crippen molar-refractivity contribution in [2.24, 2.45) is 0 Å². The van der Waals surface area contributed by atoms with Crippen LogP contribution in [0, 0.1) is 0 Å². The number of hydrogen-bond donors (Lipinski definition) is 0. The minimum Gasteiger partial charge on any atom is -0.0615 e. The van der Waals surface area contributed by atoms with E-state index in [1.165, 1.54) is 57.4 Å². The molecule has 0 N–H and O–H groups in total. The summed E-state index contributed by atoms with van der Waals surface area (Å²) in [5.74, 6) is 2.00. The molecule has 0 atom stereocenters. The van der Waals surface area contributed by atoms with E-state index in [2.05, 4.69) is 103 Å².